The van der Waals surface area contributed by atoms with Crippen molar-refractivity contribution in [1.29, 1.82) is 0 Å². The average Bonchev–Trinajstić information content (AvgIpc) is 2.29. The molecule has 1 aromatic carbocycles. The minimum Gasteiger partial charge on any atom is -0.478 e. The first-order chi connectivity index (χ1) is 8.10. The van der Waals surface area contributed by atoms with Crippen molar-refractivity contribution in [1.82, 2.24) is 0 Å². The Hall–Kier alpha value is -1.03. The van der Waals surface area contributed by atoms with E-state index in [1.165, 1.54) is 0 Å². The zero-order chi connectivity index (χ0) is 12.8. The normalized spacial score (nSPS) is 10.3. The maximum absolute atomic E-state index is 10.9. The second-order valence-corrected chi connectivity index (χ2v) is 4.76. The molecule has 0 saturated heterocycles. The van der Waals surface area contributed by atoms with Gasteiger partial charge in [-0.05, 0) is 47.5 Å². The summed E-state index contributed by atoms with van der Waals surface area (Å²) in [5, 5.41) is 8.95. The van der Waals surface area contributed by atoms with Crippen LogP contribution < -0.4 is 4.90 Å². The van der Waals surface area contributed by atoms with Crippen LogP contribution in [0.15, 0.2) is 22.7 Å². The summed E-state index contributed by atoms with van der Waals surface area (Å²) in [4.78, 5) is 13.2. The summed E-state index contributed by atoms with van der Waals surface area (Å²) in [5.74, 6) is -0.903. The molecule has 1 N–H and O–H groups in total. The molecule has 3 nitrogen and oxygen atoms in total. The number of halogens is 1. The first-order valence-electron chi connectivity index (χ1n) is 5.88. The number of carboxylic acids is 1. The summed E-state index contributed by atoms with van der Waals surface area (Å²) < 4.78 is 0.637. The molecular weight excluding hydrogens is 282 g/mol. The van der Waals surface area contributed by atoms with Crippen LogP contribution in [-0.4, -0.2) is 24.2 Å². The fourth-order valence-corrected chi connectivity index (χ4v) is 2.23. The Morgan fingerprint density at radius 3 is 2.59 bits per heavy atom. The van der Waals surface area contributed by atoms with Gasteiger partial charge >= 0.3 is 5.97 Å². The smallest absolute Gasteiger partial charge is 0.336 e. The Morgan fingerprint density at radius 1 is 1.41 bits per heavy atom. The van der Waals surface area contributed by atoms with Crippen LogP contribution in [0.4, 0.5) is 5.69 Å². The topological polar surface area (TPSA) is 40.5 Å². The molecule has 0 aliphatic heterocycles. The number of aromatic carboxylic acids is 1. The molecule has 0 radical (unpaired) electrons. The number of nitrogens with zero attached hydrogens (tertiary/aromatic N) is 1. The lowest BCUT2D eigenvalue weighted by Crippen LogP contribution is -2.23. The quantitative estimate of drug-likeness (QED) is 0.869. The Labute approximate surface area is 111 Å². The highest BCUT2D eigenvalue weighted by Gasteiger charge is 2.11. The number of hydrogen-bond donors (Lipinski definition) is 1. The maximum Gasteiger partial charge on any atom is 0.336 e. The van der Waals surface area contributed by atoms with Crippen LogP contribution in [0.2, 0.25) is 0 Å². The van der Waals surface area contributed by atoms with Crippen LogP contribution in [-0.2, 0) is 0 Å². The molecule has 0 spiro atoms. The molecule has 0 atom stereocenters. The molecule has 1 aromatic rings. The minimum atomic E-state index is -0.903. The van der Waals surface area contributed by atoms with Crippen molar-refractivity contribution in [2.24, 2.45) is 0 Å². The predicted octanol–water partition coefficient (Wildman–Crippen LogP) is 3.77. The molecule has 94 valence electrons. The number of unbranched alkanes of at least 4 members (excludes halogenated alkanes) is 1. The third-order valence-electron chi connectivity index (χ3n) is 2.71. The van der Waals surface area contributed by atoms with Crippen LogP contribution in [0, 0.1) is 0 Å². The fourth-order valence-electron chi connectivity index (χ4n) is 1.69. The molecule has 0 aromatic heterocycles. The summed E-state index contributed by atoms with van der Waals surface area (Å²) in [7, 11) is 0. The third-order valence-corrected chi connectivity index (χ3v) is 3.37. The van der Waals surface area contributed by atoms with E-state index in [4.69, 9.17) is 5.11 Å². The van der Waals surface area contributed by atoms with Crippen molar-refractivity contribution in [3.8, 4) is 0 Å². The number of carboxylic acid groups (broad SMARTS) is 1. The summed E-state index contributed by atoms with van der Waals surface area (Å²) in [6, 6.07) is 5.40. The molecule has 0 bridgehead atoms. The van der Waals surface area contributed by atoms with Gasteiger partial charge in [-0.15, -0.1) is 0 Å². The molecule has 0 aliphatic carbocycles. The number of anilines is 1. The summed E-state index contributed by atoms with van der Waals surface area (Å²) in [5.41, 5.74) is 1.37. The molecule has 0 amide bonds. The lowest BCUT2D eigenvalue weighted by molar-refractivity contribution is 0.0696. The summed E-state index contributed by atoms with van der Waals surface area (Å²) >= 11 is 3.31. The Kier molecular flexibility index (Phi) is 5.48. The van der Waals surface area contributed by atoms with Crippen molar-refractivity contribution in [2.45, 2.75) is 26.7 Å². The molecule has 0 unspecified atom stereocenters. The number of benzene rings is 1. The van der Waals surface area contributed by atoms with Gasteiger partial charge in [0.05, 0.1) is 5.56 Å². The van der Waals surface area contributed by atoms with Crippen LogP contribution in [0.5, 0.6) is 0 Å². The highest BCUT2D eigenvalue weighted by atomic mass is 79.9. The van der Waals surface area contributed by atoms with E-state index in [9.17, 15) is 4.79 Å². The molecule has 0 heterocycles. The maximum atomic E-state index is 10.9. The second-order valence-electron chi connectivity index (χ2n) is 3.90. The van der Waals surface area contributed by atoms with Gasteiger partial charge in [-0.2, -0.15) is 0 Å². The Bertz CT molecular complexity index is 393. The zero-order valence-electron chi connectivity index (χ0n) is 10.2. The van der Waals surface area contributed by atoms with E-state index in [-0.39, 0.29) is 0 Å². The Morgan fingerprint density at radius 2 is 2.12 bits per heavy atom. The van der Waals surface area contributed by atoms with Crippen molar-refractivity contribution >= 4 is 27.6 Å². The number of hydrogen-bond acceptors (Lipinski definition) is 2. The lowest BCUT2D eigenvalue weighted by atomic mass is 10.2. The van der Waals surface area contributed by atoms with Gasteiger partial charge in [-0.3, -0.25) is 0 Å². The van der Waals surface area contributed by atoms with E-state index >= 15 is 0 Å². The standard InChI is InChI=1S/C13H18BrNO2/c1-3-5-8-15(4-2)10-6-7-11(13(16)17)12(14)9-10/h6-7,9H,3-5,8H2,1-2H3,(H,16,17). The highest BCUT2D eigenvalue weighted by Crippen LogP contribution is 2.24. The predicted molar refractivity (Wildman–Crippen MR) is 73.9 cm³/mol. The summed E-state index contributed by atoms with van der Waals surface area (Å²) in [6.07, 6.45) is 2.30. The van der Waals surface area contributed by atoms with Gasteiger partial charge < -0.3 is 10.0 Å². The third kappa shape index (κ3) is 3.73. The molecular formula is C13H18BrNO2. The number of carbonyl (C=O) groups is 1. The molecule has 1 rings (SSSR count). The monoisotopic (exact) mass is 299 g/mol. The van der Waals surface area contributed by atoms with E-state index < -0.39 is 5.97 Å². The Balaban J connectivity index is 2.90. The van der Waals surface area contributed by atoms with Gasteiger partial charge in [0, 0.05) is 23.2 Å². The largest absolute Gasteiger partial charge is 0.478 e. The molecule has 0 aliphatic rings. The van der Waals surface area contributed by atoms with E-state index in [2.05, 4.69) is 34.7 Å². The van der Waals surface area contributed by atoms with Crippen molar-refractivity contribution in [3.05, 3.63) is 28.2 Å². The van der Waals surface area contributed by atoms with Crippen molar-refractivity contribution in [2.75, 3.05) is 18.0 Å². The second kappa shape index (κ2) is 6.64. The molecule has 0 fully saturated rings. The van der Waals surface area contributed by atoms with E-state index in [0.717, 1.165) is 31.6 Å². The van der Waals surface area contributed by atoms with Gasteiger partial charge in [-0.25, -0.2) is 4.79 Å². The van der Waals surface area contributed by atoms with Gasteiger partial charge in [0.15, 0.2) is 0 Å². The molecule has 0 saturated carbocycles. The van der Waals surface area contributed by atoms with Gasteiger partial charge in [0.2, 0.25) is 0 Å². The van der Waals surface area contributed by atoms with E-state index in [0.29, 0.717) is 10.0 Å². The van der Waals surface area contributed by atoms with Gasteiger partial charge in [0.25, 0.3) is 0 Å². The fraction of sp³-hybridized carbons (Fsp3) is 0.462. The van der Waals surface area contributed by atoms with Crippen LogP contribution in [0.3, 0.4) is 0 Å². The van der Waals surface area contributed by atoms with Crippen molar-refractivity contribution < 1.29 is 9.90 Å². The van der Waals surface area contributed by atoms with Crippen molar-refractivity contribution in [3.63, 3.8) is 0 Å². The van der Waals surface area contributed by atoms with E-state index in [1.807, 2.05) is 12.1 Å². The zero-order valence-corrected chi connectivity index (χ0v) is 11.8. The average molecular weight is 300 g/mol. The highest BCUT2D eigenvalue weighted by molar-refractivity contribution is 9.10. The van der Waals surface area contributed by atoms with Crippen LogP contribution >= 0.6 is 15.9 Å². The number of rotatable bonds is 6. The van der Waals surface area contributed by atoms with Gasteiger partial charge in [0.1, 0.15) is 0 Å². The van der Waals surface area contributed by atoms with Crippen LogP contribution in [0.1, 0.15) is 37.0 Å². The minimum absolute atomic E-state index is 0.306. The first kappa shape index (κ1) is 14.0. The molecule has 17 heavy (non-hydrogen) atoms. The van der Waals surface area contributed by atoms with E-state index in [1.54, 1.807) is 6.07 Å². The summed E-state index contributed by atoms with van der Waals surface area (Å²) in [6.45, 7) is 6.21. The SMILES string of the molecule is CCCCN(CC)c1ccc(C(=O)O)c(Br)c1. The molecule has 4 heteroatoms. The van der Waals surface area contributed by atoms with Gasteiger partial charge in [-0.1, -0.05) is 13.3 Å². The van der Waals surface area contributed by atoms with Crippen LogP contribution in [0.25, 0.3) is 0 Å². The lowest BCUT2D eigenvalue weighted by Gasteiger charge is -2.23. The first-order valence-corrected chi connectivity index (χ1v) is 6.67.